The summed E-state index contributed by atoms with van der Waals surface area (Å²) in [5.41, 5.74) is 1.53. The Morgan fingerprint density at radius 1 is 1.00 bits per heavy atom. The topological polar surface area (TPSA) is 106 Å². The molecule has 0 bridgehead atoms. The van der Waals surface area contributed by atoms with Crippen LogP contribution in [0, 0.1) is 0 Å². The molecule has 0 aliphatic rings. The van der Waals surface area contributed by atoms with E-state index in [-0.39, 0.29) is 17.2 Å². The highest BCUT2D eigenvalue weighted by atomic mass is 16.5. The summed E-state index contributed by atoms with van der Waals surface area (Å²) >= 11 is 0. The van der Waals surface area contributed by atoms with Crippen molar-refractivity contribution in [2.75, 3.05) is 19.5 Å². The van der Waals surface area contributed by atoms with Crippen molar-refractivity contribution in [1.29, 1.82) is 0 Å². The molecule has 1 heterocycles. The molecule has 0 atom stereocenters. The Balaban J connectivity index is 1.79. The van der Waals surface area contributed by atoms with Crippen molar-refractivity contribution in [2.24, 2.45) is 0 Å². The smallest absolute Gasteiger partial charge is 0.337 e. The molecule has 8 heteroatoms. The highest BCUT2D eigenvalue weighted by Gasteiger charge is 2.09. The maximum absolute atomic E-state index is 12.3. The number of hydrogen-bond acceptors (Lipinski definition) is 7. The van der Waals surface area contributed by atoms with Crippen molar-refractivity contribution >= 4 is 17.6 Å². The molecule has 0 unspecified atom stereocenters. The lowest BCUT2D eigenvalue weighted by Gasteiger charge is -2.06. The summed E-state index contributed by atoms with van der Waals surface area (Å²) in [7, 11) is 2.89. The van der Waals surface area contributed by atoms with Gasteiger partial charge in [-0.25, -0.2) is 4.79 Å². The largest absolute Gasteiger partial charge is 0.497 e. The van der Waals surface area contributed by atoms with Crippen molar-refractivity contribution in [3.63, 3.8) is 0 Å². The zero-order valence-corrected chi connectivity index (χ0v) is 14.1. The first kappa shape index (κ1) is 17.2. The first-order valence-corrected chi connectivity index (χ1v) is 7.67. The molecule has 3 rings (SSSR count). The Kier molecular flexibility index (Phi) is 4.93. The Hall–Kier alpha value is -3.68. The molecule has 8 nitrogen and oxygen atoms in total. The van der Waals surface area contributed by atoms with Crippen LogP contribution in [0.3, 0.4) is 0 Å². The van der Waals surface area contributed by atoms with Gasteiger partial charge in [-0.3, -0.25) is 9.78 Å². The first-order chi connectivity index (χ1) is 12.6. The number of esters is 1. The molecular weight excluding hydrogens is 336 g/mol. The molecular formula is C18H16N4O4. The first-order valence-electron chi connectivity index (χ1n) is 7.67. The van der Waals surface area contributed by atoms with E-state index in [1.807, 2.05) is 0 Å². The maximum Gasteiger partial charge on any atom is 0.337 e. The normalized spacial score (nSPS) is 10.2. The van der Waals surface area contributed by atoms with E-state index in [0.717, 1.165) is 0 Å². The summed E-state index contributed by atoms with van der Waals surface area (Å²) in [5, 5.41) is 10.9. The Morgan fingerprint density at radius 3 is 2.27 bits per heavy atom. The molecule has 0 amide bonds. The van der Waals surface area contributed by atoms with Crippen LogP contribution in [0.5, 0.6) is 5.75 Å². The molecule has 1 aromatic heterocycles. The minimum atomic E-state index is -0.423. The number of H-pyrrole nitrogens is 1. The number of nitrogens with one attached hydrogen (secondary N) is 2. The summed E-state index contributed by atoms with van der Waals surface area (Å²) in [6, 6.07) is 13.5. The van der Waals surface area contributed by atoms with Gasteiger partial charge in [0.15, 0.2) is 5.69 Å². The predicted octanol–water partition coefficient (Wildman–Crippen LogP) is 2.37. The molecule has 2 N–H and O–H groups in total. The van der Waals surface area contributed by atoms with Gasteiger partial charge in [0, 0.05) is 11.3 Å². The number of anilines is 2. The van der Waals surface area contributed by atoms with E-state index in [2.05, 4.69) is 25.2 Å². The number of hydrogen-bond donors (Lipinski definition) is 2. The highest BCUT2D eigenvalue weighted by molar-refractivity contribution is 5.89. The van der Waals surface area contributed by atoms with Gasteiger partial charge in [0.05, 0.1) is 19.8 Å². The molecule has 0 aliphatic carbocycles. The van der Waals surface area contributed by atoms with E-state index in [9.17, 15) is 9.59 Å². The molecule has 0 saturated heterocycles. The van der Waals surface area contributed by atoms with Gasteiger partial charge in [-0.15, -0.1) is 10.2 Å². The number of ether oxygens (including phenoxy) is 2. The Morgan fingerprint density at radius 2 is 1.69 bits per heavy atom. The van der Waals surface area contributed by atoms with Crippen LogP contribution in [0.15, 0.2) is 53.3 Å². The van der Waals surface area contributed by atoms with Crippen LogP contribution in [0.4, 0.5) is 11.6 Å². The molecule has 0 radical (unpaired) electrons. The van der Waals surface area contributed by atoms with E-state index >= 15 is 0 Å². The minimum Gasteiger partial charge on any atom is -0.497 e. The lowest BCUT2D eigenvalue weighted by molar-refractivity contribution is 0.0601. The fraction of sp³-hybridized carbons (Fsp3) is 0.111. The minimum absolute atomic E-state index is 0.193. The SMILES string of the molecule is COC(=O)c1ccc(Nc2nnc(-c3ccc(OC)cc3)c(=O)[nH]2)cc1. The van der Waals surface area contributed by atoms with E-state index < -0.39 is 5.97 Å². The molecule has 26 heavy (non-hydrogen) atoms. The molecule has 0 fully saturated rings. The molecule has 3 aromatic rings. The lowest BCUT2D eigenvalue weighted by atomic mass is 10.1. The van der Waals surface area contributed by atoms with E-state index in [1.165, 1.54) is 7.11 Å². The monoisotopic (exact) mass is 352 g/mol. The third-order valence-electron chi connectivity index (χ3n) is 3.63. The van der Waals surface area contributed by atoms with Crippen molar-refractivity contribution in [1.82, 2.24) is 15.2 Å². The second-order valence-corrected chi connectivity index (χ2v) is 5.27. The van der Waals surface area contributed by atoms with E-state index in [1.54, 1.807) is 55.6 Å². The highest BCUT2D eigenvalue weighted by Crippen LogP contribution is 2.18. The van der Waals surface area contributed by atoms with Gasteiger partial charge in [0.1, 0.15) is 5.75 Å². The molecule has 0 spiro atoms. The predicted molar refractivity (Wildman–Crippen MR) is 95.7 cm³/mol. The van der Waals surface area contributed by atoms with Gasteiger partial charge in [0.2, 0.25) is 5.95 Å². The summed E-state index contributed by atoms with van der Waals surface area (Å²) in [4.78, 5) is 26.3. The number of rotatable bonds is 5. The second kappa shape index (κ2) is 7.47. The van der Waals surface area contributed by atoms with Gasteiger partial charge in [-0.1, -0.05) is 0 Å². The van der Waals surface area contributed by atoms with Crippen LogP contribution in [0.25, 0.3) is 11.3 Å². The number of carbonyl (C=O) groups excluding carboxylic acids is 1. The van der Waals surface area contributed by atoms with Crippen molar-refractivity contribution in [3.05, 3.63) is 64.4 Å². The van der Waals surface area contributed by atoms with Crippen molar-refractivity contribution in [2.45, 2.75) is 0 Å². The van der Waals surface area contributed by atoms with Crippen molar-refractivity contribution < 1.29 is 14.3 Å². The van der Waals surface area contributed by atoms with Crippen molar-refractivity contribution in [3.8, 4) is 17.0 Å². The lowest BCUT2D eigenvalue weighted by Crippen LogP contribution is -2.15. The van der Waals surface area contributed by atoms with E-state index in [0.29, 0.717) is 22.6 Å². The summed E-state index contributed by atoms with van der Waals surface area (Å²) in [5.74, 6) is 0.457. The zero-order valence-electron chi connectivity index (χ0n) is 14.1. The Labute approximate surface area is 148 Å². The van der Waals surface area contributed by atoms with Gasteiger partial charge in [0.25, 0.3) is 5.56 Å². The van der Waals surface area contributed by atoms with Gasteiger partial charge in [-0.05, 0) is 48.5 Å². The summed E-state index contributed by atoms with van der Waals surface area (Å²) in [6.45, 7) is 0. The summed E-state index contributed by atoms with van der Waals surface area (Å²) in [6.07, 6.45) is 0. The quantitative estimate of drug-likeness (QED) is 0.679. The molecule has 2 aromatic carbocycles. The zero-order chi connectivity index (χ0) is 18.5. The molecule has 132 valence electrons. The van der Waals surface area contributed by atoms with Crippen LogP contribution >= 0.6 is 0 Å². The number of aromatic nitrogens is 3. The average molecular weight is 352 g/mol. The number of aromatic amines is 1. The van der Waals surface area contributed by atoms with Crippen LogP contribution in [0.1, 0.15) is 10.4 Å². The van der Waals surface area contributed by atoms with Crippen LogP contribution in [-0.2, 0) is 4.74 Å². The standard InChI is InChI=1S/C18H16N4O4/c1-25-14-9-5-11(6-10-14)15-16(23)20-18(22-21-15)19-13-7-3-12(4-8-13)17(24)26-2/h3-10H,1-2H3,(H2,19,20,22,23). The van der Waals surface area contributed by atoms with Crippen LogP contribution in [0.2, 0.25) is 0 Å². The number of nitrogens with zero attached hydrogens (tertiary/aromatic N) is 2. The average Bonchev–Trinajstić information content (AvgIpc) is 2.68. The second-order valence-electron chi connectivity index (χ2n) is 5.27. The maximum atomic E-state index is 12.3. The number of methoxy groups -OCH3 is 2. The van der Waals surface area contributed by atoms with E-state index in [4.69, 9.17) is 4.74 Å². The third-order valence-corrected chi connectivity index (χ3v) is 3.63. The molecule has 0 aliphatic heterocycles. The number of carbonyl (C=O) groups is 1. The van der Waals surface area contributed by atoms with Crippen LogP contribution in [-0.4, -0.2) is 35.4 Å². The Bertz CT molecular complexity index is 966. The number of benzene rings is 2. The fourth-order valence-corrected chi connectivity index (χ4v) is 2.28. The fourth-order valence-electron chi connectivity index (χ4n) is 2.28. The van der Waals surface area contributed by atoms with Gasteiger partial charge < -0.3 is 14.8 Å². The van der Waals surface area contributed by atoms with Crippen LogP contribution < -0.4 is 15.6 Å². The molecule has 0 saturated carbocycles. The van der Waals surface area contributed by atoms with Gasteiger partial charge in [-0.2, -0.15) is 0 Å². The summed E-state index contributed by atoms with van der Waals surface area (Å²) < 4.78 is 9.73. The third kappa shape index (κ3) is 3.69. The van der Waals surface area contributed by atoms with Gasteiger partial charge >= 0.3 is 5.97 Å².